The van der Waals surface area contributed by atoms with Gasteiger partial charge in [0, 0.05) is 18.5 Å². The van der Waals surface area contributed by atoms with Crippen molar-refractivity contribution in [2.24, 2.45) is 5.10 Å². The van der Waals surface area contributed by atoms with Crippen molar-refractivity contribution < 1.29 is 5.11 Å². The summed E-state index contributed by atoms with van der Waals surface area (Å²) in [5, 5.41) is 17.1. The molecule has 1 aromatic carbocycles. The molecule has 1 aliphatic rings. The zero-order valence-corrected chi connectivity index (χ0v) is 11.0. The molecule has 1 unspecified atom stereocenters. The Morgan fingerprint density at radius 2 is 2.11 bits per heavy atom. The lowest BCUT2D eigenvalue weighted by molar-refractivity contribution is 0.167. The zero-order chi connectivity index (χ0) is 12.8. The van der Waals surface area contributed by atoms with E-state index < -0.39 is 0 Å². The number of hydrazone groups is 1. The van der Waals surface area contributed by atoms with Gasteiger partial charge in [0.1, 0.15) is 6.17 Å². The van der Waals surface area contributed by atoms with Gasteiger partial charge in [-0.3, -0.25) is 9.91 Å². The number of rotatable bonds is 5. The Morgan fingerprint density at radius 1 is 1.33 bits per heavy atom. The van der Waals surface area contributed by atoms with Gasteiger partial charge in [-0.15, -0.1) is 0 Å². The highest BCUT2D eigenvalue weighted by molar-refractivity contribution is 7.79. The van der Waals surface area contributed by atoms with Crippen molar-refractivity contribution in [3.8, 4) is 0 Å². The van der Waals surface area contributed by atoms with E-state index >= 15 is 0 Å². The predicted octanol–water partition coefficient (Wildman–Crippen LogP) is 0.956. The molecule has 1 fully saturated rings. The van der Waals surface area contributed by atoms with Crippen LogP contribution >= 0.6 is 12.2 Å². The molecule has 96 valence electrons. The van der Waals surface area contributed by atoms with Gasteiger partial charge in [-0.1, -0.05) is 42.5 Å². The third kappa shape index (κ3) is 3.13. The van der Waals surface area contributed by atoms with Crippen molar-refractivity contribution in [2.45, 2.75) is 6.17 Å². The van der Waals surface area contributed by atoms with E-state index in [1.807, 2.05) is 41.6 Å². The average molecular weight is 263 g/mol. The summed E-state index contributed by atoms with van der Waals surface area (Å²) in [4.78, 5) is 2.12. The molecule has 0 saturated carbocycles. The van der Waals surface area contributed by atoms with Gasteiger partial charge in [-0.2, -0.15) is 5.10 Å². The Hall–Kier alpha value is -1.30. The third-order valence-corrected chi connectivity index (χ3v) is 3.20. The van der Waals surface area contributed by atoms with E-state index in [4.69, 9.17) is 17.3 Å². The van der Waals surface area contributed by atoms with E-state index in [9.17, 15) is 0 Å². The van der Waals surface area contributed by atoms with Crippen LogP contribution in [0.5, 0.6) is 0 Å². The van der Waals surface area contributed by atoms with Crippen LogP contribution in [-0.4, -0.2) is 59.0 Å². The number of nitrogens with zero attached hydrogens (tertiary/aromatic N) is 3. The Morgan fingerprint density at radius 3 is 2.78 bits per heavy atom. The molecular formula is C13H17N3OS. The Labute approximate surface area is 113 Å². The van der Waals surface area contributed by atoms with Crippen LogP contribution in [0, 0.1) is 0 Å². The van der Waals surface area contributed by atoms with Crippen LogP contribution in [0.25, 0.3) is 0 Å². The molecule has 0 spiro atoms. The minimum absolute atomic E-state index is 0.00659. The molecule has 2 rings (SSSR count). The zero-order valence-electron chi connectivity index (χ0n) is 10.1. The number of hydrogen-bond donors (Lipinski definition) is 1. The van der Waals surface area contributed by atoms with Gasteiger partial charge in [0.2, 0.25) is 0 Å². The highest BCUT2D eigenvalue weighted by atomic mass is 32.1. The van der Waals surface area contributed by atoms with Gasteiger partial charge in [0.15, 0.2) is 0 Å². The molecule has 0 aromatic heterocycles. The predicted molar refractivity (Wildman–Crippen MR) is 76.8 cm³/mol. The molecule has 0 aliphatic carbocycles. The fraction of sp³-hybridized carbons (Fsp3) is 0.385. The Bertz CT molecular complexity index is 410. The van der Waals surface area contributed by atoms with E-state index in [-0.39, 0.29) is 12.8 Å². The summed E-state index contributed by atoms with van der Waals surface area (Å²) in [6.07, 6.45) is 1.85. The largest absolute Gasteiger partial charge is 0.395 e. The fourth-order valence-electron chi connectivity index (χ4n) is 2.02. The minimum Gasteiger partial charge on any atom is -0.395 e. The quantitative estimate of drug-likeness (QED) is 0.634. The lowest BCUT2D eigenvalue weighted by Gasteiger charge is -2.23. The van der Waals surface area contributed by atoms with Gasteiger partial charge in [0.05, 0.1) is 19.4 Å². The molecule has 18 heavy (non-hydrogen) atoms. The normalized spacial score (nSPS) is 20.7. The highest BCUT2D eigenvalue weighted by Gasteiger charge is 2.28. The van der Waals surface area contributed by atoms with Crippen molar-refractivity contribution in [3.05, 3.63) is 35.9 Å². The van der Waals surface area contributed by atoms with E-state index in [1.54, 1.807) is 5.37 Å². The maximum atomic E-state index is 8.99. The molecule has 1 atom stereocenters. The first kappa shape index (κ1) is 13.1. The van der Waals surface area contributed by atoms with Crippen LogP contribution in [0.4, 0.5) is 0 Å². The fourth-order valence-corrected chi connectivity index (χ4v) is 2.33. The van der Waals surface area contributed by atoms with E-state index in [1.165, 1.54) is 0 Å². The maximum absolute atomic E-state index is 8.99. The van der Waals surface area contributed by atoms with Crippen molar-refractivity contribution in [2.75, 3.05) is 26.2 Å². The number of β-amino-alcohol motifs (C(OH)–C–C–N with tert-alkyl or cyclic N) is 1. The van der Waals surface area contributed by atoms with Crippen molar-refractivity contribution in [1.82, 2.24) is 9.91 Å². The third-order valence-electron chi connectivity index (χ3n) is 2.96. The minimum atomic E-state index is 0.00659. The first-order valence-electron chi connectivity index (χ1n) is 6.01. The van der Waals surface area contributed by atoms with Crippen molar-refractivity contribution in [3.63, 3.8) is 0 Å². The van der Waals surface area contributed by atoms with Crippen LogP contribution in [0.15, 0.2) is 35.4 Å². The molecule has 0 amide bonds. The smallest absolute Gasteiger partial charge is 0.128 e. The molecule has 0 bridgehead atoms. The van der Waals surface area contributed by atoms with Crippen LogP contribution in [0.3, 0.4) is 0 Å². The highest BCUT2D eigenvalue weighted by Crippen LogP contribution is 2.13. The van der Waals surface area contributed by atoms with Crippen LogP contribution in [-0.2, 0) is 0 Å². The second kappa shape index (κ2) is 6.58. The van der Waals surface area contributed by atoms with E-state index in [0.29, 0.717) is 6.54 Å². The first-order valence-corrected chi connectivity index (χ1v) is 6.48. The summed E-state index contributed by atoms with van der Waals surface area (Å²) in [5.74, 6) is 0. The van der Waals surface area contributed by atoms with Crippen LogP contribution in [0.1, 0.15) is 5.56 Å². The summed E-state index contributed by atoms with van der Waals surface area (Å²) in [6.45, 7) is 2.50. The second-order valence-electron chi connectivity index (χ2n) is 4.13. The average Bonchev–Trinajstić information content (AvgIpc) is 2.80. The number of hydrogen-bond acceptors (Lipinski definition) is 5. The van der Waals surface area contributed by atoms with Gasteiger partial charge in [0.25, 0.3) is 0 Å². The van der Waals surface area contributed by atoms with E-state index in [0.717, 1.165) is 18.7 Å². The molecule has 1 aliphatic heterocycles. The second-order valence-corrected chi connectivity index (χ2v) is 4.40. The molecule has 1 aromatic rings. The van der Waals surface area contributed by atoms with Crippen molar-refractivity contribution in [1.29, 1.82) is 0 Å². The van der Waals surface area contributed by atoms with Crippen molar-refractivity contribution >= 4 is 23.8 Å². The molecule has 4 nitrogen and oxygen atoms in total. The molecule has 0 radical (unpaired) electrons. The number of aliphatic hydroxyl groups excluding tert-OH is 1. The van der Waals surface area contributed by atoms with E-state index in [2.05, 4.69) is 10.0 Å². The number of benzene rings is 1. The van der Waals surface area contributed by atoms with Crippen LogP contribution in [0.2, 0.25) is 0 Å². The maximum Gasteiger partial charge on any atom is 0.128 e. The monoisotopic (exact) mass is 263 g/mol. The number of aliphatic hydroxyl groups is 1. The Balaban J connectivity index is 2.01. The molecule has 5 heteroatoms. The van der Waals surface area contributed by atoms with Gasteiger partial charge in [-0.25, -0.2) is 0 Å². The molecule has 1 saturated heterocycles. The standard InChI is InChI=1S/C13H17N3OS/c17-9-8-15-6-7-16(13(15)11-18)14-10-12-4-2-1-3-5-12/h1-5,10-11,13,17H,6-9H2. The van der Waals surface area contributed by atoms with Gasteiger partial charge < -0.3 is 5.11 Å². The first-order chi connectivity index (χ1) is 8.85. The summed E-state index contributed by atoms with van der Waals surface area (Å²) in [5.41, 5.74) is 1.07. The summed E-state index contributed by atoms with van der Waals surface area (Å²) in [7, 11) is 0. The summed E-state index contributed by atoms with van der Waals surface area (Å²) < 4.78 is 0. The van der Waals surface area contributed by atoms with Gasteiger partial charge in [-0.05, 0) is 5.56 Å². The molecule has 1 N–H and O–H groups in total. The lowest BCUT2D eigenvalue weighted by Crippen LogP contribution is -2.38. The SMILES string of the molecule is OCCN1CCN(N=Cc2ccccc2)C1C=S. The molecular weight excluding hydrogens is 246 g/mol. The van der Waals surface area contributed by atoms with Gasteiger partial charge >= 0.3 is 0 Å². The summed E-state index contributed by atoms with van der Waals surface area (Å²) >= 11 is 5.05. The topological polar surface area (TPSA) is 39.1 Å². The summed E-state index contributed by atoms with van der Waals surface area (Å²) in [6, 6.07) is 9.98. The number of thiocarbonyl (C=S) groups is 1. The Kier molecular flexibility index (Phi) is 4.81. The lowest BCUT2D eigenvalue weighted by atomic mass is 10.2. The van der Waals surface area contributed by atoms with Crippen LogP contribution < -0.4 is 0 Å². The molecule has 1 heterocycles.